The average molecular weight is 1010 g/mol. The fourth-order valence-electron chi connectivity index (χ4n) is 9.34. The van der Waals surface area contributed by atoms with E-state index in [1.807, 2.05) is 0 Å². The summed E-state index contributed by atoms with van der Waals surface area (Å²) in [5.74, 6) is -0.875. The topological polar surface area (TPSA) is 78.9 Å². The summed E-state index contributed by atoms with van der Waals surface area (Å²) in [5, 5.41) is 0. The first-order chi connectivity index (χ1) is 35.5. The zero-order valence-corrected chi connectivity index (χ0v) is 48.2. The Morgan fingerprint density at radius 2 is 0.542 bits per heavy atom. The second-order valence-electron chi connectivity index (χ2n) is 21.3. The summed E-state index contributed by atoms with van der Waals surface area (Å²) < 4.78 is 16.9. The van der Waals surface area contributed by atoms with Gasteiger partial charge in [0.15, 0.2) is 6.10 Å². The van der Waals surface area contributed by atoms with Crippen molar-refractivity contribution in [1.29, 1.82) is 0 Å². The molecule has 0 aliphatic heterocycles. The van der Waals surface area contributed by atoms with Crippen LogP contribution in [0, 0.1) is 0 Å². The Morgan fingerprint density at radius 3 is 0.861 bits per heavy atom. The van der Waals surface area contributed by atoms with Crippen LogP contribution < -0.4 is 0 Å². The van der Waals surface area contributed by atoms with Crippen molar-refractivity contribution in [3.8, 4) is 0 Å². The number of carbonyl (C=O) groups is 3. The molecular weight excluding hydrogens is 889 g/mol. The third-order valence-corrected chi connectivity index (χ3v) is 14.1. The monoisotopic (exact) mass is 1010 g/mol. The highest BCUT2D eigenvalue weighted by Gasteiger charge is 2.19. The van der Waals surface area contributed by atoms with E-state index in [-0.39, 0.29) is 31.1 Å². The minimum atomic E-state index is -0.780. The molecule has 0 heterocycles. The van der Waals surface area contributed by atoms with Crippen LogP contribution in [0.4, 0.5) is 0 Å². The molecule has 0 radical (unpaired) electrons. The Labute approximate surface area is 448 Å². The van der Waals surface area contributed by atoms with Crippen LogP contribution in [0.1, 0.15) is 335 Å². The Balaban J connectivity index is 4.33. The molecule has 0 aliphatic rings. The molecule has 0 saturated carbocycles. The molecule has 0 fully saturated rings. The molecule has 420 valence electrons. The number of unbranched alkanes of at least 4 members (excludes halogenated alkanes) is 39. The fourth-order valence-corrected chi connectivity index (χ4v) is 9.34. The molecule has 0 aromatic carbocycles. The molecule has 0 aromatic rings. The van der Waals surface area contributed by atoms with E-state index in [0.29, 0.717) is 19.3 Å². The van der Waals surface area contributed by atoms with Crippen LogP contribution in [0.5, 0.6) is 0 Å². The van der Waals surface area contributed by atoms with Gasteiger partial charge >= 0.3 is 17.9 Å². The second kappa shape index (κ2) is 60.9. The van der Waals surface area contributed by atoms with E-state index in [4.69, 9.17) is 14.2 Å². The summed E-state index contributed by atoms with van der Waals surface area (Å²) in [6.07, 6.45) is 75.4. The van der Waals surface area contributed by atoms with Gasteiger partial charge in [-0.25, -0.2) is 0 Å². The first-order valence-corrected chi connectivity index (χ1v) is 31.6. The predicted octanol–water partition coefficient (Wildman–Crippen LogP) is 21.4. The lowest BCUT2D eigenvalue weighted by Gasteiger charge is -2.18. The lowest BCUT2D eigenvalue weighted by Crippen LogP contribution is -2.30. The zero-order chi connectivity index (χ0) is 52.2. The average Bonchev–Trinajstić information content (AvgIpc) is 3.38. The maximum absolute atomic E-state index is 12.9. The number of hydrogen-bond donors (Lipinski definition) is 0. The van der Waals surface area contributed by atoms with Crippen LogP contribution in [-0.4, -0.2) is 37.2 Å². The second-order valence-corrected chi connectivity index (χ2v) is 21.3. The van der Waals surface area contributed by atoms with Crippen molar-refractivity contribution in [3.63, 3.8) is 0 Å². The third-order valence-electron chi connectivity index (χ3n) is 14.1. The molecule has 0 rings (SSSR count). The Morgan fingerprint density at radius 1 is 0.292 bits per heavy atom. The van der Waals surface area contributed by atoms with Crippen LogP contribution in [0.2, 0.25) is 0 Å². The fraction of sp³-hybridized carbons (Fsp3) is 0.833. The van der Waals surface area contributed by atoms with E-state index in [0.717, 1.165) is 96.3 Å². The van der Waals surface area contributed by atoms with Crippen LogP contribution >= 0.6 is 0 Å². The first-order valence-electron chi connectivity index (χ1n) is 31.6. The molecule has 0 amide bonds. The highest BCUT2D eigenvalue weighted by Crippen LogP contribution is 2.17. The Kier molecular flexibility index (Phi) is 58.7. The molecule has 72 heavy (non-hydrogen) atoms. The largest absolute Gasteiger partial charge is 0.462 e. The highest BCUT2D eigenvalue weighted by molar-refractivity contribution is 5.71. The molecule has 6 nitrogen and oxygen atoms in total. The van der Waals surface area contributed by atoms with Crippen LogP contribution in [-0.2, 0) is 28.6 Å². The Hall–Kier alpha value is -2.63. The van der Waals surface area contributed by atoms with Gasteiger partial charge in [-0.3, -0.25) is 14.4 Å². The SMILES string of the molecule is CC/C=C\C/C=C\C/C=C\CCCCCCCC(=O)OCC(COC(=O)CCCCCCCCCCCCCCCCCCCCCC)OC(=O)CCCCCCCCCCC/C=C\CCCCCCCC. The molecule has 0 bridgehead atoms. The molecule has 0 spiro atoms. The maximum Gasteiger partial charge on any atom is 0.306 e. The molecule has 0 saturated heterocycles. The minimum Gasteiger partial charge on any atom is -0.462 e. The van der Waals surface area contributed by atoms with Gasteiger partial charge in [0.05, 0.1) is 0 Å². The highest BCUT2D eigenvalue weighted by atomic mass is 16.6. The van der Waals surface area contributed by atoms with Crippen molar-refractivity contribution in [2.45, 2.75) is 341 Å². The van der Waals surface area contributed by atoms with Crippen LogP contribution in [0.15, 0.2) is 48.6 Å². The molecule has 0 aromatic heterocycles. The number of rotatable bonds is 58. The smallest absolute Gasteiger partial charge is 0.306 e. The number of carbonyl (C=O) groups excluding carboxylic acids is 3. The zero-order valence-electron chi connectivity index (χ0n) is 48.2. The van der Waals surface area contributed by atoms with E-state index in [9.17, 15) is 14.4 Å². The summed E-state index contributed by atoms with van der Waals surface area (Å²) in [4.78, 5) is 38.3. The number of esters is 3. The normalized spacial score (nSPS) is 12.3. The van der Waals surface area contributed by atoms with Crippen molar-refractivity contribution < 1.29 is 28.6 Å². The van der Waals surface area contributed by atoms with Gasteiger partial charge in [-0.2, -0.15) is 0 Å². The molecule has 0 aliphatic carbocycles. The molecule has 1 unspecified atom stereocenters. The van der Waals surface area contributed by atoms with Crippen LogP contribution in [0.3, 0.4) is 0 Å². The summed E-state index contributed by atoms with van der Waals surface area (Å²) in [6, 6.07) is 0. The van der Waals surface area contributed by atoms with Crippen molar-refractivity contribution in [2.24, 2.45) is 0 Å². The first kappa shape index (κ1) is 69.4. The standard InChI is InChI=1S/C66H120O6/c1-4-7-10-13-16-19-22-25-28-30-32-34-35-38-41-44-47-50-53-56-59-65(68)71-62-63(61-70-64(67)58-55-52-49-46-43-40-37-27-24-21-18-15-12-9-6-3)72-66(69)60-57-54-51-48-45-42-39-36-33-31-29-26-23-20-17-14-11-8-5-2/h9,12,18,21,26-27,29,37,63H,4-8,10-11,13-17,19-20,22-25,28,30-36,38-62H2,1-3H3/b12-9-,21-18-,29-26-,37-27-. The van der Waals surface area contributed by atoms with Crippen molar-refractivity contribution in [3.05, 3.63) is 48.6 Å². The van der Waals surface area contributed by atoms with E-state index in [1.54, 1.807) is 0 Å². The van der Waals surface area contributed by atoms with Gasteiger partial charge < -0.3 is 14.2 Å². The molecule has 0 N–H and O–H groups in total. The minimum absolute atomic E-state index is 0.0758. The third kappa shape index (κ3) is 58.3. The van der Waals surface area contributed by atoms with E-state index >= 15 is 0 Å². The van der Waals surface area contributed by atoms with Crippen molar-refractivity contribution >= 4 is 17.9 Å². The van der Waals surface area contributed by atoms with E-state index in [1.165, 1.54) is 199 Å². The van der Waals surface area contributed by atoms with Gasteiger partial charge in [0, 0.05) is 19.3 Å². The van der Waals surface area contributed by atoms with Crippen molar-refractivity contribution in [2.75, 3.05) is 13.2 Å². The van der Waals surface area contributed by atoms with E-state index < -0.39 is 6.10 Å². The number of hydrogen-bond acceptors (Lipinski definition) is 6. The van der Waals surface area contributed by atoms with Gasteiger partial charge in [0.25, 0.3) is 0 Å². The number of allylic oxidation sites excluding steroid dienone is 8. The lowest BCUT2D eigenvalue weighted by molar-refractivity contribution is -0.167. The Bertz CT molecular complexity index is 1250. The summed E-state index contributed by atoms with van der Waals surface area (Å²) in [5.41, 5.74) is 0. The lowest BCUT2D eigenvalue weighted by atomic mass is 10.0. The van der Waals surface area contributed by atoms with Crippen LogP contribution in [0.25, 0.3) is 0 Å². The summed E-state index contributed by atoms with van der Waals surface area (Å²) in [7, 11) is 0. The number of ether oxygens (including phenoxy) is 3. The van der Waals surface area contributed by atoms with Crippen molar-refractivity contribution in [1.82, 2.24) is 0 Å². The van der Waals surface area contributed by atoms with Gasteiger partial charge in [-0.15, -0.1) is 0 Å². The predicted molar refractivity (Wildman–Crippen MR) is 312 cm³/mol. The van der Waals surface area contributed by atoms with Gasteiger partial charge in [0.2, 0.25) is 0 Å². The maximum atomic E-state index is 12.9. The van der Waals surface area contributed by atoms with E-state index in [2.05, 4.69) is 69.4 Å². The van der Waals surface area contributed by atoms with Gasteiger partial charge in [0.1, 0.15) is 13.2 Å². The molecule has 6 heteroatoms. The molecule has 1 atom stereocenters. The summed E-state index contributed by atoms with van der Waals surface area (Å²) >= 11 is 0. The van der Waals surface area contributed by atoms with Gasteiger partial charge in [-0.1, -0.05) is 288 Å². The van der Waals surface area contributed by atoms with Gasteiger partial charge in [-0.05, 0) is 77.0 Å². The summed E-state index contributed by atoms with van der Waals surface area (Å²) in [6.45, 7) is 6.56. The quantitative estimate of drug-likeness (QED) is 0.0261. The molecular formula is C66H120O6.